The summed E-state index contributed by atoms with van der Waals surface area (Å²) in [6, 6.07) is 10.3. The van der Waals surface area contributed by atoms with Crippen molar-refractivity contribution in [1.82, 2.24) is 4.90 Å². The molecule has 0 bridgehead atoms. The van der Waals surface area contributed by atoms with Crippen molar-refractivity contribution in [3.63, 3.8) is 0 Å². The highest BCUT2D eigenvalue weighted by Crippen LogP contribution is 2.28. The van der Waals surface area contributed by atoms with Gasteiger partial charge in [-0.05, 0) is 18.5 Å². The van der Waals surface area contributed by atoms with Gasteiger partial charge < -0.3 is 9.84 Å². The maximum Gasteiger partial charge on any atom is 0.307 e. The van der Waals surface area contributed by atoms with E-state index in [9.17, 15) is 4.79 Å². The predicted octanol–water partition coefficient (Wildman–Crippen LogP) is 1.78. The molecule has 1 N–H and O–H groups in total. The summed E-state index contributed by atoms with van der Waals surface area (Å²) in [5, 5.41) is 9.06. The van der Waals surface area contributed by atoms with E-state index in [1.54, 1.807) is 7.11 Å². The number of benzene rings is 1. The zero-order valence-corrected chi connectivity index (χ0v) is 10.6. The molecule has 98 valence electrons. The molecule has 0 aliphatic carbocycles. The van der Waals surface area contributed by atoms with Gasteiger partial charge in [0.25, 0.3) is 0 Å². The summed E-state index contributed by atoms with van der Waals surface area (Å²) < 4.78 is 5.28. The highest BCUT2D eigenvalue weighted by atomic mass is 16.5. The average Bonchev–Trinajstić information content (AvgIpc) is 2.86. The van der Waals surface area contributed by atoms with Crippen LogP contribution in [0, 0.1) is 5.92 Å². The van der Waals surface area contributed by atoms with Gasteiger partial charge in [-0.1, -0.05) is 30.3 Å². The van der Waals surface area contributed by atoms with Gasteiger partial charge >= 0.3 is 5.97 Å². The summed E-state index contributed by atoms with van der Waals surface area (Å²) in [5.74, 6) is -0.935. The Hall–Kier alpha value is -1.39. The quantitative estimate of drug-likeness (QED) is 0.864. The van der Waals surface area contributed by atoms with Crippen LogP contribution in [0.2, 0.25) is 0 Å². The number of likely N-dealkylation sites (tertiary alicyclic amines) is 1. The van der Waals surface area contributed by atoms with Crippen LogP contribution in [0.5, 0.6) is 0 Å². The van der Waals surface area contributed by atoms with Crippen molar-refractivity contribution in [2.24, 2.45) is 5.92 Å². The lowest BCUT2D eigenvalue weighted by atomic mass is 10.1. The first-order valence-corrected chi connectivity index (χ1v) is 6.23. The number of hydrogen-bond acceptors (Lipinski definition) is 3. The van der Waals surface area contributed by atoms with E-state index in [1.165, 1.54) is 5.56 Å². The molecule has 2 atom stereocenters. The lowest BCUT2D eigenvalue weighted by molar-refractivity contribution is -0.141. The van der Waals surface area contributed by atoms with E-state index < -0.39 is 5.97 Å². The number of aliphatic carboxylic acids is 1. The molecule has 0 aromatic heterocycles. The summed E-state index contributed by atoms with van der Waals surface area (Å²) in [6.45, 7) is 2.02. The zero-order chi connectivity index (χ0) is 13.0. The zero-order valence-electron chi connectivity index (χ0n) is 10.6. The van der Waals surface area contributed by atoms with Crippen molar-refractivity contribution in [2.75, 3.05) is 26.8 Å². The number of carbonyl (C=O) groups is 1. The Morgan fingerprint density at radius 1 is 1.50 bits per heavy atom. The Morgan fingerprint density at radius 3 is 2.78 bits per heavy atom. The number of carboxylic acids is 1. The molecule has 4 nitrogen and oxygen atoms in total. The van der Waals surface area contributed by atoms with Crippen LogP contribution in [0.1, 0.15) is 18.0 Å². The molecule has 18 heavy (non-hydrogen) atoms. The van der Waals surface area contributed by atoms with E-state index in [0.717, 1.165) is 13.0 Å². The van der Waals surface area contributed by atoms with Gasteiger partial charge in [-0.3, -0.25) is 9.69 Å². The maximum absolute atomic E-state index is 11.0. The fraction of sp³-hybridized carbons (Fsp3) is 0.500. The number of ether oxygens (including phenoxy) is 1. The van der Waals surface area contributed by atoms with E-state index in [4.69, 9.17) is 9.84 Å². The van der Waals surface area contributed by atoms with Crippen LogP contribution in [0.4, 0.5) is 0 Å². The van der Waals surface area contributed by atoms with Gasteiger partial charge in [0.1, 0.15) is 0 Å². The molecule has 0 radical (unpaired) electrons. The number of hydrogen-bond donors (Lipinski definition) is 1. The van der Waals surface area contributed by atoms with Gasteiger partial charge in [0.15, 0.2) is 0 Å². The van der Waals surface area contributed by atoms with Gasteiger partial charge in [0.2, 0.25) is 0 Å². The first-order chi connectivity index (χ1) is 8.72. The molecule has 1 aliphatic heterocycles. The third-order valence-corrected chi connectivity index (χ3v) is 3.52. The number of carboxylic acid groups (broad SMARTS) is 1. The molecule has 2 unspecified atom stereocenters. The van der Waals surface area contributed by atoms with Crippen LogP contribution in [0.3, 0.4) is 0 Å². The predicted molar refractivity (Wildman–Crippen MR) is 68.4 cm³/mol. The second kappa shape index (κ2) is 5.98. The smallest absolute Gasteiger partial charge is 0.307 e. The minimum Gasteiger partial charge on any atom is -0.481 e. The first-order valence-electron chi connectivity index (χ1n) is 6.23. The molecular formula is C14H19NO3. The van der Waals surface area contributed by atoms with Crippen molar-refractivity contribution >= 4 is 5.97 Å². The van der Waals surface area contributed by atoms with E-state index >= 15 is 0 Å². The second-order valence-corrected chi connectivity index (χ2v) is 4.70. The van der Waals surface area contributed by atoms with Gasteiger partial charge in [-0.15, -0.1) is 0 Å². The minimum atomic E-state index is -0.693. The minimum absolute atomic E-state index is 0.153. The van der Waals surface area contributed by atoms with E-state index in [1.807, 2.05) is 18.2 Å². The molecule has 1 aromatic carbocycles. The molecule has 1 heterocycles. The Balaban J connectivity index is 2.10. The molecule has 1 aliphatic rings. The van der Waals surface area contributed by atoms with Crippen molar-refractivity contribution in [3.05, 3.63) is 35.9 Å². The number of nitrogens with zero attached hydrogens (tertiary/aromatic N) is 1. The summed E-state index contributed by atoms with van der Waals surface area (Å²) in [6.07, 6.45) is 0.725. The lowest BCUT2D eigenvalue weighted by Gasteiger charge is -2.27. The third-order valence-electron chi connectivity index (χ3n) is 3.52. The van der Waals surface area contributed by atoms with Crippen molar-refractivity contribution < 1.29 is 14.6 Å². The Bertz CT molecular complexity index is 393. The molecule has 4 heteroatoms. The van der Waals surface area contributed by atoms with Crippen LogP contribution in [0.25, 0.3) is 0 Å². The summed E-state index contributed by atoms with van der Waals surface area (Å²) in [5.41, 5.74) is 1.19. The highest BCUT2D eigenvalue weighted by molar-refractivity contribution is 5.70. The standard InChI is InChI=1S/C14H19NO3/c1-18-10-13(11-5-3-2-4-6-11)15-8-7-12(9-15)14(16)17/h2-6,12-13H,7-10H2,1H3,(H,16,17). The summed E-state index contributed by atoms with van der Waals surface area (Å²) in [4.78, 5) is 13.2. The third kappa shape index (κ3) is 2.89. The Kier molecular flexibility index (Phi) is 4.33. The molecule has 0 saturated carbocycles. The molecule has 0 spiro atoms. The Labute approximate surface area is 107 Å². The highest BCUT2D eigenvalue weighted by Gasteiger charge is 2.32. The van der Waals surface area contributed by atoms with Gasteiger partial charge in [0.05, 0.1) is 18.6 Å². The lowest BCUT2D eigenvalue weighted by Crippen LogP contribution is -2.30. The second-order valence-electron chi connectivity index (χ2n) is 4.70. The monoisotopic (exact) mass is 249 g/mol. The van der Waals surface area contributed by atoms with Crippen molar-refractivity contribution in [1.29, 1.82) is 0 Å². The van der Waals surface area contributed by atoms with E-state index in [2.05, 4.69) is 17.0 Å². The Morgan fingerprint density at radius 2 is 2.22 bits per heavy atom. The van der Waals surface area contributed by atoms with E-state index in [-0.39, 0.29) is 12.0 Å². The van der Waals surface area contributed by atoms with Gasteiger partial charge in [-0.2, -0.15) is 0 Å². The molecule has 2 rings (SSSR count). The van der Waals surface area contributed by atoms with E-state index in [0.29, 0.717) is 13.2 Å². The maximum atomic E-state index is 11.0. The van der Waals surface area contributed by atoms with Crippen molar-refractivity contribution in [3.8, 4) is 0 Å². The van der Waals surface area contributed by atoms with Crippen LogP contribution in [-0.4, -0.2) is 42.8 Å². The molecular weight excluding hydrogens is 230 g/mol. The summed E-state index contributed by atoms with van der Waals surface area (Å²) in [7, 11) is 1.68. The summed E-state index contributed by atoms with van der Waals surface area (Å²) >= 11 is 0. The molecule has 0 amide bonds. The largest absolute Gasteiger partial charge is 0.481 e. The van der Waals surface area contributed by atoms with Gasteiger partial charge in [0, 0.05) is 13.7 Å². The fourth-order valence-corrected chi connectivity index (χ4v) is 2.52. The fourth-order valence-electron chi connectivity index (χ4n) is 2.52. The average molecular weight is 249 g/mol. The van der Waals surface area contributed by atoms with Crippen LogP contribution >= 0.6 is 0 Å². The number of rotatable bonds is 5. The van der Waals surface area contributed by atoms with Crippen LogP contribution in [0.15, 0.2) is 30.3 Å². The topological polar surface area (TPSA) is 49.8 Å². The SMILES string of the molecule is COCC(c1ccccc1)N1CCC(C(=O)O)C1. The number of methoxy groups -OCH3 is 1. The molecule has 1 aromatic rings. The van der Waals surface area contributed by atoms with Crippen LogP contribution in [-0.2, 0) is 9.53 Å². The molecule has 1 fully saturated rings. The van der Waals surface area contributed by atoms with Crippen molar-refractivity contribution in [2.45, 2.75) is 12.5 Å². The van der Waals surface area contributed by atoms with Gasteiger partial charge in [-0.25, -0.2) is 0 Å². The van der Waals surface area contributed by atoms with Crippen LogP contribution < -0.4 is 0 Å². The first kappa shape index (κ1) is 13.1. The molecule has 1 saturated heterocycles. The normalized spacial score (nSPS) is 21.9.